The van der Waals surface area contributed by atoms with Crippen molar-refractivity contribution in [2.24, 2.45) is 5.73 Å². The van der Waals surface area contributed by atoms with Crippen LogP contribution in [0.4, 0.5) is 21.0 Å². The Hall–Kier alpha value is -4.03. The van der Waals surface area contributed by atoms with Gasteiger partial charge in [0.05, 0.1) is 0 Å². The summed E-state index contributed by atoms with van der Waals surface area (Å²) in [5.74, 6) is -1.20. The fourth-order valence-corrected chi connectivity index (χ4v) is 5.43. The number of nitrogens with zero attached hydrogens (tertiary/aromatic N) is 3. The van der Waals surface area contributed by atoms with Crippen LogP contribution in [0.25, 0.3) is 0 Å². The van der Waals surface area contributed by atoms with E-state index in [0.29, 0.717) is 23.5 Å². The average molecular weight is 569 g/mol. The summed E-state index contributed by atoms with van der Waals surface area (Å²) in [6.07, 6.45) is 3.68. The van der Waals surface area contributed by atoms with Crippen LogP contribution in [0.5, 0.6) is 5.75 Å². The van der Waals surface area contributed by atoms with E-state index in [9.17, 15) is 18.8 Å². The Morgan fingerprint density at radius 3 is 2.42 bits per heavy atom. The second-order valence-electron chi connectivity index (χ2n) is 9.53. The van der Waals surface area contributed by atoms with Gasteiger partial charge >= 0.3 is 0 Å². The third-order valence-corrected chi connectivity index (χ3v) is 7.71. The number of aromatic nitrogens is 1. The first-order valence-corrected chi connectivity index (χ1v) is 13.9. The summed E-state index contributed by atoms with van der Waals surface area (Å²) in [6.45, 7) is 5.00. The molecule has 1 aromatic heterocycles. The van der Waals surface area contributed by atoms with Crippen molar-refractivity contribution in [1.82, 2.24) is 15.2 Å². The Morgan fingerprint density at radius 2 is 1.77 bits per heavy atom. The third kappa shape index (κ3) is 7.33. The lowest BCUT2D eigenvalue weighted by Crippen LogP contribution is -2.39. The van der Waals surface area contributed by atoms with Crippen LogP contribution in [0.3, 0.4) is 0 Å². The van der Waals surface area contributed by atoms with E-state index < -0.39 is 17.8 Å². The van der Waals surface area contributed by atoms with Gasteiger partial charge in [-0.15, -0.1) is 0 Å². The number of nitrogens with two attached hydrogens (primary N) is 2. The summed E-state index contributed by atoms with van der Waals surface area (Å²) >= 11 is 1.00. The number of halogens is 1. The van der Waals surface area contributed by atoms with Gasteiger partial charge in [-0.25, -0.2) is 9.37 Å². The minimum Gasteiger partial charge on any atom is -0.484 e. The van der Waals surface area contributed by atoms with Gasteiger partial charge in [0, 0.05) is 24.3 Å². The predicted octanol–water partition coefficient (Wildman–Crippen LogP) is 3.09. The van der Waals surface area contributed by atoms with E-state index in [-0.39, 0.29) is 34.1 Å². The largest absolute Gasteiger partial charge is 0.484 e. The lowest BCUT2D eigenvalue weighted by molar-refractivity contribution is -0.123. The number of amides is 2. The SMILES string of the molecule is CC(C(N)=O)N(c1ccc(F)cc1)c1nc(N)c(C(=O)c2ccc(OCC(=O)NCCN3CCCCC3)cc2)s1. The number of hydrogen-bond acceptors (Lipinski definition) is 9. The molecular weight excluding hydrogens is 535 g/mol. The van der Waals surface area contributed by atoms with Crippen LogP contribution < -0.4 is 26.4 Å². The fourth-order valence-electron chi connectivity index (χ4n) is 4.38. The normalized spacial score (nSPS) is 14.3. The smallest absolute Gasteiger partial charge is 0.257 e. The van der Waals surface area contributed by atoms with Crippen LogP contribution in [-0.2, 0) is 9.59 Å². The molecule has 2 heterocycles. The van der Waals surface area contributed by atoms with Crippen molar-refractivity contribution in [1.29, 1.82) is 0 Å². The number of thiazole rings is 1. The van der Waals surface area contributed by atoms with Crippen molar-refractivity contribution in [2.75, 3.05) is 43.4 Å². The van der Waals surface area contributed by atoms with Gasteiger partial charge in [-0.2, -0.15) is 0 Å². The highest BCUT2D eigenvalue weighted by Crippen LogP contribution is 2.36. The maximum absolute atomic E-state index is 13.5. The summed E-state index contributed by atoms with van der Waals surface area (Å²) < 4.78 is 19.1. The number of rotatable bonds is 12. The number of nitrogen functional groups attached to an aromatic ring is 1. The van der Waals surface area contributed by atoms with E-state index in [1.165, 1.54) is 48.4 Å². The van der Waals surface area contributed by atoms with E-state index in [1.807, 2.05) is 0 Å². The van der Waals surface area contributed by atoms with Gasteiger partial charge in [0.1, 0.15) is 28.3 Å². The zero-order chi connectivity index (χ0) is 28.6. The van der Waals surface area contributed by atoms with Gasteiger partial charge in [0.2, 0.25) is 11.7 Å². The Bertz CT molecular complexity index is 1330. The van der Waals surface area contributed by atoms with Gasteiger partial charge in [-0.05, 0) is 81.4 Å². The van der Waals surface area contributed by atoms with Crippen LogP contribution in [0, 0.1) is 5.82 Å². The number of carbonyl (C=O) groups excluding carboxylic acids is 3. The summed E-state index contributed by atoms with van der Waals surface area (Å²) in [6, 6.07) is 11.0. The Morgan fingerprint density at radius 1 is 1.10 bits per heavy atom. The maximum Gasteiger partial charge on any atom is 0.257 e. The topological polar surface area (TPSA) is 144 Å². The molecule has 1 unspecified atom stereocenters. The van der Waals surface area contributed by atoms with E-state index in [1.54, 1.807) is 31.2 Å². The van der Waals surface area contributed by atoms with Crippen LogP contribution >= 0.6 is 11.3 Å². The first-order chi connectivity index (χ1) is 19.2. The molecule has 1 saturated heterocycles. The van der Waals surface area contributed by atoms with E-state index in [4.69, 9.17) is 16.2 Å². The number of nitrogens with one attached hydrogen (secondary N) is 1. The van der Waals surface area contributed by atoms with Crippen LogP contribution in [0.2, 0.25) is 0 Å². The number of carbonyl (C=O) groups is 3. The quantitative estimate of drug-likeness (QED) is 0.283. The second kappa shape index (κ2) is 13.4. The first-order valence-electron chi connectivity index (χ1n) is 13.1. The molecule has 0 aliphatic carbocycles. The zero-order valence-corrected chi connectivity index (χ0v) is 23.1. The van der Waals surface area contributed by atoms with Crippen molar-refractivity contribution in [3.8, 4) is 5.75 Å². The van der Waals surface area contributed by atoms with Crippen molar-refractivity contribution in [3.63, 3.8) is 0 Å². The molecule has 0 bridgehead atoms. The number of likely N-dealkylation sites (tertiary alicyclic amines) is 1. The molecule has 1 aliphatic heterocycles. The highest BCUT2D eigenvalue weighted by molar-refractivity contribution is 7.18. The lowest BCUT2D eigenvalue weighted by Gasteiger charge is -2.26. The monoisotopic (exact) mass is 568 g/mol. The molecule has 4 rings (SSSR count). The lowest BCUT2D eigenvalue weighted by atomic mass is 10.1. The number of benzene rings is 2. The summed E-state index contributed by atoms with van der Waals surface area (Å²) in [7, 11) is 0. The maximum atomic E-state index is 13.5. The van der Waals surface area contributed by atoms with Crippen molar-refractivity contribution >= 4 is 45.6 Å². The molecule has 2 aromatic carbocycles. The van der Waals surface area contributed by atoms with Gasteiger partial charge < -0.3 is 31.3 Å². The molecule has 12 heteroatoms. The Labute approximate surface area is 236 Å². The molecule has 1 atom stereocenters. The average Bonchev–Trinajstić information content (AvgIpc) is 3.34. The number of primary amides is 1. The highest BCUT2D eigenvalue weighted by atomic mass is 32.1. The standard InChI is InChI=1S/C28H33FN6O4S/c1-18(27(31)38)35(21-9-7-20(29)8-10-21)28-33-26(30)25(40-28)24(37)19-5-11-22(12-6-19)39-17-23(36)32-13-16-34-14-3-2-4-15-34/h5-12,18H,2-4,13-17,30H2,1H3,(H2,31,38)(H,32,36). The minimum absolute atomic E-state index is 0.00432. The first kappa shape index (κ1) is 29.0. The van der Waals surface area contributed by atoms with Gasteiger partial charge in [-0.1, -0.05) is 17.8 Å². The van der Waals surface area contributed by atoms with E-state index in [2.05, 4.69) is 15.2 Å². The third-order valence-electron chi connectivity index (χ3n) is 6.64. The molecule has 212 valence electrons. The molecule has 2 amide bonds. The van der Waals surface area contributed by atoms with Gasteiger partial charge in [0.15, 0.2) is 11.7 Å². The summed E-state index contributed by atoms with van der Waals surface area (Å²) in [5, 5.41) is 3.14. The van der Waals surface area contributed by atoms with Crippen molar-refractivity contribution in [2.45, 2.75) is 32.2 Å². The van der Waals surface area contributed by atoms with E-state index >= 15 is 0 Å². The minimum atomic E-state index is -0.836. The fraction of sp³-hybridized carbons (Fsp3) is 0.357. The van der Waals surface area contributed by atoms with E-state index in [0.717, 1.165) is 31.0 Å². The summed E-state index contributed by atoms with van der Waals surface area (Å²) in [5.41, 5.74) is 12.4. The molecule has 0 saturated carbocycles. The molecule has 3 aromatic rings. The number of hydrogen-bond donors (Lipinski definition) is 3. The Kier molecular flexibility index (Phi) is 9.67. The molecule has 1 fully saturated rings. The molecule has 40 heavy (non-hydrogen) atoms. The number of ether oxygens (including phenoxy) is 1. The van der Waals surface area contributed by atoms with Gasteiger partial charge in [0.25, 0.3) is 5.91 Å². The molecule has 5 N–H and O–H groups in total. The molecular formula is C28H33FN6O4S. The van der Waals surface area contributed by atoms with Crippen LogP contribution in [-0.4, -0.2) is 66.3 Å². The summed E-state index contributed by atoms with van der Waals surface area (Å²) in [4.78, 5) is 45.7. The van der Waals surface area contributed by atoms with Crippen LogP contribution in [0.15, 0.2) is 48.5 Å². The van der Waals surface area contributed by atoms with Crippen molar-refractivity contribution in [3.05, 3.63) is 64.8 Å². The molecule has 0 spiro atoms. The van der Waals surface area contributed by atoms with Gasteiger partial charge in [-0.3, -0.25) is 14.4 Å². The molecule has 10 nitrogen and oxygen atoms in total. The molecule has 1 aliphatic rings. The predicted molar refractivity (Wildman–Crippen MR) is 152 cm³/mol. The molecule has 0 radical (unpaired) electrons. The van der Waals surface area contributed by atoms with Crippen molar-refractivity contribution < 1.29 is 23.5 Å². The Balaban J connectivity index is 1.38. The number of anilines is 3. The van der Waals surface area contributed by atoms with Crippen LogP contribution in [0.1, 0.15) is 41.4 Å². The number of piperidine rings is 1. The number of ketones is 1. The zero-order valence-electron chi connectivity index (χ0n) is 22.3. The second-order valence-corrected chi connectivity index (χ2v) is 10.5. The highest BCUT2D eigenvalue weighted by Gasteiger charge is 2.27.